The van der Waals surface area contributed by atoms with Crippen LogP contribution in [0.3, 0.4) is 0 Å². The normalized spacial score (nSPS) is 10.6. The predicted octanol–water partition coefficient (Wildman–Crippen LogP) is 4.66. The Labute approximate surface area is 129 Å². The van der Waals surface area contributed by atoms with E-state index in [0.717, 1.165) is 41.3 Å². The minimum absolute atomic E-state index is 0.844. The number of halogens is 1. The van der Waals surface area contributed by atoms with Crippen molar-refractivity contribution in [2.24, 2.45) is 0 Å². The van der Waals surface area contributed by atoms with Gasteiger partial charge in [0.2, 0.25) is 0 Å². The lowest BCUT2D eigenvalue weighted by molar-refractivity contribution is 0.819. The van der Waals surface area contributed by atoms with Crippen LogP contribution >= 0.6 is 15.9 Å². The molecule has 0 saturated heterocycles. The summed E-state index contributed by atoms with van der Waals surface area (Å²) in [5.41, 5.74) is 2.42. The van der Waals surface area contributed by atoms with Crippen molar-refractivity contribution in [3.8, 4) is 0 Å². The number of anilines is 2. The van der Waals surface area contributed by atoms with Crippen LogP contribution in [0.25, 0.3) is 0 Å². The molecule has 2 aromatic rings. The highest BCUT2D eigenvalue weighted by Crippen LogP contribution is 2.25. The van der Waals surface area contributed by atoms with Gasteiger partial charge in [0.1, 0.15) is 16.2 Å². The molecule has 1 heterocycles. The summed E-state index contributed by atoms with van der Waals surface area (Å²) in [4.78, 5) is 11.3. The molecule has 0 unspecified atom stereocenters. The molecule has 0 radical (unpaired) electrons. The Morgan fingerprint density at radius 2 is 1.80 bits per heavy atom. The van der Waals surface area contributed by atoms with Gasteiger partial charge in [-0.3, -0.25) is 0 Å². The van der Waals surface area contributed by atoms with Crippen molar-refractivity contribution in [1.29, 1.82) is 0 Å². The number of rotatable bonds is 5. The molecule has 0 bridgehead atoms. The van der Waals surface area contributed by atoms with Gasteiger partial charge in [-0.1, -0.05) is 24.6 Å². The van der Waals surface area contributed by atoms with Gasteiger partial charge in [0.25, 0.3) is 0 Å². The molecule has 0 fully saturated rings. The van der Waals surface area contributed by atoms with Gasteiger partial charge in [0.15, 0.2) is 0 Å². The predicted molar refractivity (Wildman–Crippen MR) is 87.6 cm³/mol. The van der Waals surface area contributed by atoms with Gasteiger partial charge in [0, 0.05) is 24.7 Å². The number of aromatic nitrogens is 2. The van der Waals surface area contributed by atoms with Crippen molar-refractivity contribution in [3.63, 3.8) is 0 Å². The van der Waals surface area contributed by atoms with E-state index in [1.165, 1.54) is 5.56 Å². The van der Waals surface area contributed by atoms with Crippen LogP contribution in [0, 0.1) is 6.92 Å². The monoisotopic (exact) mass is 333 g/mol. The second-order valence-electron chi connectivity index (χ2n) is 4.79. The van der Waals surface area contributed by atoms with E-state index in [4.69, 9.17) is 0 Å². The Balaban J connectivity index is 2.38. The Morgan fingerprint density at radius 1 is 1.10 bits per heavy atom. The van der Waals surface area contributed by atoms with Crippen LogP contribution < -0.4 is 4.90 Å². The highest BCUT2D eigenvalue weighted by molar-refractivity contribution is 9.10. The maximum atomic E-state index is 4.68. The van der Waals surface area contributed by atoms with Crippen molar-refractivity contribution in [2.75, 3.05) is 11.4 Å². The fraction of sp³-hybridized carbons (Fsp3) is 0.375. The van der Waals surface area contributed by atoms with Crippen molar-refractivity contribution in [2.45, 2.75) is 33.6 Å². The molecule has 2 rings (SSSR count). The standard InChI is InChI=1S/C16H20BrN3/c1-4-6-15-18-14(17)11-16(19-15)20(5-2)13-9-7-12(3)8-10-13/h7-11H,4-6H2,1-3H3. The van der Waals surface area contributed by atoms with E-state index < -0.39 is 0 Å². The molecule has 1 aromatic carbocycles. The third-order valence-corrected chi connectivity index (χ3v) is 3.55. The second-order valence-corrected chi connectivity index (χ2v) is 5.61. The summed E-state index contributed by atoms with van der Waals surface area (Å²) >= 11 is 3.49. The number of benzene rings is 1. The number of hydrogen-bond acceptors (Lipinski definition) is 3. The first-order valence-corrected chi connectivity index (χ1v) is 7.81. The first-order chi connectivity index (χ1) is 9.63. The molecule has 0 N–H and O–H groups in total. The van der Waals surface area contributed by atoms with Crippen molar-refractivity contribution in [1.82, 2.24) is 9.97 Å². The van der Waals surface area contributed by atoms with Crippen molar-refractivity contribution >= 4 is 27.4 Å². The zero-order valence-corrected chi connectivity index (χ0v) is 13.8. The third-order valence-electron chi connectivity index (χ3n) is 3.14. The van der Waals surface area contributed by atoms with Gasteiger partial charge >= 0.3 is 0 Å². The highest BCUT2D eigenvalue weighted by Gasteiger charge is 2.11. The Hall–Kier alpha value is -1.42. The third kappa shape index (κ3) is 3.57. The van der Waals surface area contributed by atoms with Gasteiger partial charge in [-0.2, -0.15) is 0 Å². The molecule has 0 saturated carbocycles. The maximum absolute atomic E-state index is 4.68. The van der Waals surface area contributed by atoms with Crippen LogP contribution in [-0.2, 0) is 6.42 Å². The fourth-order valence-corrected chi connectivity index (χ4v) is 2.54. The van der Waals surface area contributed by atoms with Gasteiger partial charge < -0.3 is 4.90 Å². The van der Waals surface area contributed by atoms with Gasteiger partial charge in [-0.15, -0.1) is 0 Å². The van der Waals surface area contributed by atoms with Crippen LogP contribution in [0.5, 0.6) is 0 Å². The summed E-state index contributed by atoms with van der Waals surface area (Å²) in [6.07, 6.45) is 1.95. The lowest BCUT2D eigenvalue weighted by atomic mass is 10.2. The van der Waals surface area contributed by atoms with E-state index in [9.17, 15) is 0 Å². The van der Waals surface area contributed by atoms with Crippen LogP contribution in [-0.4, -0.2) is 16.5 Å². The second kappa shape index (κ2) is 6.84. The Kier molecular flexibility index (Phi) is 5.12. The average Bonchev–Trinajstić information content (AvgIpc) is 2.41. The zero-order valence-electron chi connectivity index (χ0n) is 12.2. The zero-order chi connectivity index (χ0) is 14.5. The number of hydrogen-bond donors (Lipinski definition) is 0. The molecule has 4 heteroatoms. The molecule has 0 amide bonds. The molecule has 0 aliphatic rings. The minimum Gasteiger partial charge on any atom is -0.327 e. The SMILES string of the molecule is CCCc1nc(Br)cc(N(CC)c2ccc(C)cc2)n1. The Bertz CT molecular complexity index is 566. The van der Waals surface area contributed by atoms with E-state index in [1.54, 1.807) is 0 Å². The first kappa shape index (κ1) is 15.0. The first-order valence-electron chi connectivity index (χ1n) is 7.01. The summed E-state index contributed by atoms with van der Waals surface area (Å²) in [6.45, 7) is 7.25. The number of nitrogens with zero attached hydrogens (tertiary/aromatic N) is 3. The van der Waals surface area contributed by atoms with Crippen molar-refractivity contribution < 1.29 is 0 Å². The van der Waals surface area contributed by atoms with E-state index in [-0.39, 0.29) is 0 Å². The van der Waals surface area contributed by atoms with Crippen LogP contribution in [0.4, 0.5) is 11.5 Å². The van der Waals surface area contributed by atoms with E-state index in [0.29, 0.717) is 0 Å². The summed E-state index contributed by atoms with van der Waals surface area (Å²) < 4.78 is 0.844. The quantitative estimate of drug-likeness (QED) is 0.745. The van der Waals surface area contributed by atoms with E-state index in [1.807, 2.05) is 6.07 Å². The van der Waals surface area contributed by atoms with E-state index >= 15 is 0 Å². The maximum Gasteiger partial charge on any atom is 0.137 e. The molecular formula is C16H20BrN3. The summed E-state index contributed by atoms with van der Waals surface area (Å²) in [6, 6.07) is 10.5. The smallest absolute Gasteiger partial charge is 0.137 e. The highest BCUT2D eigenvalue weighted by atomic mass is 79.9. The van der Waals surface area contributed by atoms with Gasteiger partial charge in [-0.05, 0) is 48.3 Å². The fourth-order valence-electron chi connectivity index (χ4n) is 2.13. The minimum atomic E-state index is 0.844. The molecular weight excluding hydrogens is 314 g/mol. The molecule has 0 aliphatic carbocycles. The topological polar surface area (TPSA) is 29.0 Å². The lowest BCUT2D eigenvalue weighted by Gasteiger charge is -2.22. The summed E-state index contributed by atoms with van der Waals surface area (Å²) in [5, 5.41) is 0. The molecule has 20 heavy (non-hydrogen) atoms. The van der Waals surface area contributed by atoms with E-state index in [2.05, 4.69) is 75.8 Å². The molecule has 0 atom stereocenters. The molecule has 106 valence electrons. The van der Waals surface area contributed by atoms with Crippen molar-refractivity contribution in [3.05, 3.63) is 46.3 Å². The average molecular weight is 334 g/mol. The van der Waals surface area contributed by atoms with Gasteiger partial charge in [-0.25, -0.2) is 9.97 Å². The largest absolute Gasteiger partial charge is 0.327 e. The summed E-state index contributed by atoms with van der Waals surface area (Å²) in [7, 11) is 0. The van der Waals surface area contributed by atoms with Gasteiger partial charge in [0.05, 0.1) is 0 Å². The van der Waals surface area contributed by atoms with Crippen LogP contribution in [0.15, 0.2) is 34.9 Å². The summed E-state index contributed by atoms with van der Waals surface area (Å²) in [5.74, 6) is 1.84. The molecule has 0 aliphatic heterocycles. The molecule has 0 spiro atoms. The van der Waals surface area contributed by atoms with Crippen LogP contribution in [0.1, 0.15) is 31.7 Å². The number of aryl methyl sites for hydroxylation is 2. The van der Waals surface area contributed by atoms with Crippen LogP contribution in [0.2, 0.25) is 0 Å². The molecule has 3 nitrogen and oxygen atoms in total. The Morgan fingerprint density at radius 3 is 2.40 bits per heavy atom. The molecule has 1 aromatic heterocycles. The lowest BCUT2D eigenvalue weighted by Crippen LogP contribution is -2.18.